The Hall–Kier alpha value is -1.84. The maximum Gasteiger partial charge on any atom is 0.412 e. The van der Waals surface area contributed by atoms with Crippen LogP contribution in [-0.2, 0) is 4.74 Å². The van der Waals surface area contributed by atoms with Crippen LogP contribution in [0.4, 0.5) is 10.5 Å². The van der Waals surface area contributed by atoms with Gasteiger partial charge in [0, 0.05) is 5.56 Å². The Morgan fingerprint density at radius 1 is 1.21 bits per heavy atom. The molecule has 0 heterocycles. The van der Waals surface area contributed by atoms with E-state index < -0.39 is 11.7 Å². The van der Waals surface area contributed by atoms with Gasteiger partial charge in [-0.05, 0) is 58.2 Å². The molecule has 0 aromatic heterocycles. The first-order chi connectivity index (χ1) is 8.65. The van der Waals surface area contributed by atoms with Crippen molar-refractivity contribution in [3.63, 3.8) is 0 Å². The van der Waals surface area contributed by atoms with Crippen LogP contribution in [0.2, 0.25) is 0 Å². The summed E-state index contributed by atoms with van der Waals surface area (Å²) in [4.78, 5) is 22.9. The minimum atomic E-state index is -0.552. The van der Waals surface area contributed by atoms with E-state index in [-0.39, 0.29) is 0 Å². The average molecular weight is 263 g/mol. The van der Waals surface area contributed by atoms with Gasteiger partial charge in [0.2, 0.25) is 0 Å². The van der Waals surface area contributed by atoms with E-state index in [2.05, 4.69) is 5.32 Å². The fraction of sp³-hybridized carbons (Fsp3) is 0.467. The summed E-state index contributed by atoms with van der Waals surface area (Å²) in [6.45, 7) is 11.0. The van der Waals surface area contributed by atoms with Gasteiger partial charge in [0.25, 0.3) is 0 Å². The zero-order chi connectivity index (χ0) is 14.8. The highest BCUT2D eigenvalue weighted by Crippen LogP contribution is 2.26. The Morgan fingerprint density at radius 3 is 2.26 bits per heavy atom. The minimum Gasteiger partial charge on any atom is -0.444 e. The third-order valence-electron chi connectivity index (χ3n) is 2.77. The molecule has 0 radical (unpaired) electrons. The summed E-state index contributed by atoms with van der Waals surface area (Å²) >= 11 is 0. The Balaban J connectivity index is 3.08. The number of ether oxygens (including phenoxy) is 1. The van der Waals surface area contributed by atoms with Crippen LogP contribution in [-0.4, -0.2) is 18.0 Å². The van der Waals surface area contributed by atoms with Crippen LogP contribution >= 0.6 is 0 Å². The molecule has 0 saturated carbocycles. The van der Waals surface area contributed by atoms with Gasteiger partial charge in [-0.1, -0.05) is 6.07 Å². The van der Waals surface area contributed by atoms with E-state index in [4.69, 9.17) is 4.74 Å². The molecule has 0 fully saturated rings. The van der Waals surface area contributed by atoms with Gasteiger partial charge >= 0.3 is 6.09 Å². The van der Waals surface area contributed by atoms with Crippen LogP contribution in [0.3, 0.4) is 0 Å². The van der Waals surface area contributed by atoms with Crippen molar-refractivity contribution in [1.29, 1.82) is 0 Å². The molecule has 0 aliphatic carbocycles. The van der Waals surface area contributed by atoms with Gasteiger partial charge in [-0.2, -0.15) is 0 Å². The summed E-state index contributed by atoms with van der Waals surface area (Å²) in [5.74, 6) is 0. The summed E-state index contributed by atoms with van der Waals surface area (Å²) in [6, 6.07) is 1.88. The monoisotopic (exact) mass is 263 g/mol. The molecule has 1 rings (SSSR count). The van der Waals surface area contributed by atoms with Crippen LogP contribution in [0, 0.1) is 20.8 Å². The third kappa shape index (κ3) is 3.81. The lowest BCUT2D eigenvalue weighted by molar-refractivity contribution is 0.0635. The predicted octanol–water partition coefficient (Wildman–Crippen LogP) is 3.77. The van der Waals surface area contributed by atoms with E-state index >= 15 is 0 Å². The van der Waals surface area contributed by atoms with Crippen molar-refractivity contribution in [2.75, 3.05) is 5.32 Å². The SMILES string of the molecule is Cc1cc(C)c(NC(=O)OC(C)(C)C)c(C)c1C=O. The number of benzene rings is 1. The van der Waals surface area contributed by atoms with Crippen LogP contribution in [0.25, 0.3) is 0 Å². The topological polar surface area (TPSA) is 55.4 Å². The molecule has 4 heteroatoms. The van der Waals surface area contributed by atoms with Gasteiger partial charge in [-0.3, -0.25) is 10.1 Å². The molecule has 0 aliphatic rings. The smallest absolute Gasteiger partial charge is 0.412 e. The lowest BCUT2D eigenvalue weighted by atomic mass is 9.98. The van der Waals surface area contributed by atoms with Gasteiger partial charge in [-0.25, -0.2) is 4.79 Å². The summed E-state index contributed by atoms with van der Waals surface area (Å²) in [5.41, 5.74) is 3.27. The Labute approximate surface area is 114 Å². The van der Waals surface area contributed by atoms with Gasteiger partial charge in [0.05, 0.1) is 5.69 Å². The van der Waals surface area contributed by atoms with E-state index in [1.54, 1.807) is 20.8 Å². The summed E-state index contributed by atoms with van der Waals surface area (Å²) in [7, 11) is 0. The molecule has 1 aromatic carbocycles. The molecule has 19 heavy (non-hydrogen) atoms. The number of carbonyl (C=O) groups is 2. The Kier molecular flexibility index (Phi) is 4.35. The highest BCUT2D eigenvalue weighted by molar-refractivity contribution is 5.91. The number of rotatable bonds is 2. The van der Waals surface area contributed by atoms with Crippen LogP contribution in [0.5, 0.6) is 0 Å². The zero-order valence-corrected chi connectivity index (χ0v) is 12.4. The minimum absolute atomic E-state index is 0.514. The first kappa shape index (κ1) is 15.2. The molecule has 0 atom stereocenters. The van der Waals surface area contributed by atoms with Gasteiger partial charge in [0.15, 0.2) is 6.29 Å². The van der Waals surface area contributed by atoms with E-state index in [9.17, 15) is 9.59 Å². The zero-order valence-electron chi connectivity index (χ0n) is 12.4. The fourth-order valence-corrected chi connectivity index (χ4v) is 1.98. The molecule has 0 spiro atoms. The largest absolute Gasteiger partial charge is 0.444 e. The molecule has 104 valence electrons. The summed E-state index contributed by atoms with van der Waals surface area (Å²) < 4.78 is 5.22. The third-order valence-corrected chi connectivity index (χ3v) is 2.77. The number of aldehydes is 1. The van der Waals surface area contributed by atoms with Crippen molar-refractivity contribution in [3.8, 4) is 0 Å². The van der Waals surface area contributed by atoms with Crippen molar-refractivity contribution >= 4 is 18.1 Å². The number of hydrogen-bond donors (Lipinski definition) is 1. The summed E-state index contributed by atoms with van der Waals surface area (Å²) in [5, 5.41) is 2.72. The van der Waals surface area contributed by atoms with Crippen molar-refractivity contribution < 1.29 is 14.3 Å². The second kappa shape index (κ2) is 5.43. The van der Waals surface area contributed by atoms with Crippen LogP contribution in [0.1, 0.15) is 47.8 Å². The molecule has 1 amide bonds. The first-order valence-corrected chi connectivity index (χ1v) is 6.21. The molecule has 4 nitrogen and oxygen atoms in total. The maximum absolute atomic E-state index is 11.8. The number of nitrogens with one attached hydrogen (secondary N) is 1. The number of aryl methyl sites for hydroxylation is 2. The molecule has 0 saturated heterocycles. The fourth-order valence-electron chi connectivity index (χ4n) is 1.98. The lowest BCUT2D eigenvalue weighted by Crippen LogP contribution is -2.27. The second-order valence-electron chi connectivity index (χ2n) is 5.67. The molecule has 0 bridgehead atoms. The quantitative estimate of drug-likeness (QED) is 0.826. The molecule has 0 unspecified atom stereocenters. The normalized spacial score (nSPS) is 11.1. The number of hydrogen-bond acceptors (Lipinski definition) is 3. The van der Waals surface area contributed by atoms with Crippen molar-refractivity contribution in [2.45, 2.75) is 47.1 Å². The van der Waals surface area contributed by atoms with Crippen LogP contribution < -0.4 is 5.32 Å². The molecular formula is C15H21NO3. The van der Waals surface area contributed by atoms with Gasteiger partial charge in [0.1, 0.15) is 5.60 Å². The first-order valence-electron chi connectivity index (χ1n) is 6.21. The predicted molar refractivity (Wildman–Crippen MR) is 75.9 cm³/mol. The maximum atomic E-state index is 11.8. The standard InChI is InChI=1S/C15H21NO3/c1-9-7-10(2)13(11(3)12(9)8-17)16-14(18)19-15(4,5)6/h7-8H,1-6H3,(H,16,18). The number of carbonyl (C=O) groups excluding carboxylic acids is 2. The summed E-state index contributed by atoms with van der Waals surface area (Å²) in [6.07, 6.45) is 0.295. The number of anilines is 1. The number of amides is 1. The molecular weight excluding hydrogens is 242 g/mol. The molecule has 1 N–H and O–H groups in total. The van der Waals surface area contributed by atoms with Crippen molar-refractivity contribution in [2.24, 2.45) is 0 Å². The van der Waals surface area contributed by atoms with Gasteiger partial charge < -0.3 is 4.74 Å². The molecule has 0 aliphatic heterocycles. The van der Waals surface area contributed by atoms with E-state index in [1.165, 1.54) is 0 Å². The van der Waals surface area contributed by atoms with E-state index in [0.29, 0.717) is 11.3 Å². The second-order valence-corrected chi connectivity index (χ2v) is 5.67. The Morgan fingerprint density at radius 2 is 1.79 bits per heavy atom. The highest BCUT2D eigenvalue weighted by atomic mass is 16.6. The van der Waals surface area contributed by atoms with Crippen molar-refractivity contribution in [1.82, 2.24) is 0 Å². The lowest BCUT2D eigenvalue weighted by Gasteiger charge is -2.21. The average Bonchev–Trinajstić information content (AvgIpc) is 2.22. The van der Waals surface area contributed by atoms with Gasteiger partial charge in [-0.15, -0.1) is 0 Å². The van der Waals surface area contributed by atoms with Crippen LogP contribution in [0.15, 0.2) is 6.07 Å². The molecule has 1 aromatic rings. The van der Waals surface area contributed by atoms with E-state index in [1.807, 2.05) is 26.8 Å². The van der Waals surface area contributed by atoms with Crippen molar-refractivity contribution in [3.05, 3.63) is 28.3 Å². The van der Waals surface area contributed by atoms with E-state index in [0.717, 1.165) is 23.0 Å². The Bertz CT molecular complexity index is 513. The highest BCUT2D eigenvalue weighted by Gasteiger charge is 2.18.